The van der Waals surface area contributed by atoms with Crippen molar-refractivity contribution in [1.82, 2.24) is 9.80 Å². The number of likely N-dealkylation sites (N-methyl/N-ethyl adjacent to an activating group) is 1. The van der Waals surface area contributed by atoms with Crippen molar-refractivity contribution in [1.29, 1.82) is 0 Å². The molecule has 6 heteroatoms. The van der Waals surface area contributed by atoms with E-state index in [4.69, 9.17) is 10.5 Å². The van der Waals surface area contributed by atoms with Gasteiger partial charge >= 0.3 is 0 Å². The molecule has 2 N–H and O–H groups in total. The van der Waals surface area contributed by atoms with Gasteiger partial charge in [0.15, 0.2) is 0 Å². The molecular formula is C12H23N3O3. The summed E-state index contributed by atoms with van der Waals surface area (Å²) in [5.41, 5.74) is 5.50. The van der Waals surface area contributed by atoms with Gasteiger partial charge < -0.3 is 20.3 Å². The summed E-state index contributed by atoms with van der Waals surface area (Å²) in [6, 6.07) is -0.317. The van der Waals surface area contributed by atoms with Crippen molar-refractivity contribution >= 4 is 11.8 Å². The molecule has 0 radical (unpaired) electrons. The van der Waals surface area contributed by atoms with Crippen LogP contribution in [0.3, 0.4) is 0 Å². The van der Waals surface area contributed by atoms with Crippen LogP contribution < -0.4 is 5.73 Å². The van der Waals surface area contributed by atoms with Gasteiger partial charge in [0.2, 0.25) is 11.8 Å². The molecule has 0 aromatic rings. The molecule has 0 spiro atoms. The van der Waals surface area contributed by atoms with E-state index in [0.717, 1.165) is 12.8 Å². The van der Waals surface area contributed by atoms with E-state index in [1.54, 1.807) is 19.0 Å². The summed E-state index contributed by atoms with van der Waals surface area (Å²) in [6.45, 7) is 0.951. The number of carbonyl (C=O) groups is 2. The number of amides is 2. The Kier molecular flexibility index (Phi) is 5.55. The highest BCUT2D eigenvalue weighted by Crippen LogP contribution is 2.20. The van der Waals surface area contributed by atoms with E-state index in [9.17, 15) is 9.59 Å². The van der Waals surface area contributed by atoms with Crippen LogP contribution in [0.2, 0.25) is 0 Å². The fourth-order valence-corrected chi connectivity index (χ4v) is 2.19. The summed E-state index contributed by atoms with van der Waals surface area (Å²) >= 11 is 0. The normalized spacial score (nSPS) is 20.9. The minimum Gasteiger partial charge on any atom is -0.380 e. The molecule has 2 amide bonds. The second-order valence-electron chi connectivity index (χ2n) is 4.78. The van der Waals surface area contributed by atoms with Crippen molar-refractivity contribution in [3.8, 4) is 0 Å². The van der Waals surface area contributed by atoms with E-state index in [-0.39, 0.29) is 30.4 Å². The second-order valence-corrected chi connectivity index (χ2v) is 4.78. The number of nitrogens with zero attached hydrogens (tertiary/aromatic N) is 2. The molecule has 0 aromatic heterocycles. The van der Waals surface area contributed by atoms with Crippen LogP contribution in [0, 0.1) is 0 Å². The standard InChI is InChI=1S/C12H23N3O3/c1-14(2)12(17)10-5-4-6-15(10)11(16)7-9(8-13)18-3/h9-10H,4-8,13H2,1-3H3. The number of nitrogens with two attached hydrogens (primary N) is 1. The maximum atomic E-state index is 12.1. The number of likely N-dealkylation sites (tertiary alicyclic amines) is 1. The molecular weight excluding hydrogens is 234 g/mol. The number of carbonyl (C=O) groups excluding carboxylic acids is 2. The van der Waals surface area contributed by atoms with E-state index in [1.165, 1.54) is 12.0 Å². The SMILES string of the molecule is COC(CN)CC(=O)N1CCCC1C(=O)N(C)C. The number of hydrogen-bond donors (Lipinski definition) is 1. The average Bonchev–Trinajstić information content (AvgIpc) is 2.83. The molecule has 1 fully saturated rings. The molecule has 1 heterocycles. The molecule has 2 unspecified atom stereocenters. The van der Waals surface area contributed by atoms with Gasteiger partial charge in [-0.1, -0.05) is 0 Å². The number of ether oxygens (including phenoxy) is 1. The van der Waals surface area contributed by atoms with Gasteiger partial charge in [0.25, 0.3) is 0 Å². The number of rotatable bonds is 5. The summed E-state index contributed by atoms with van der Waals surface area (Å²) in [7, 11) is 4.96. The summed E-state index contributed by atoms with van der Waals surface area (Å²) in [5.74, 6) is -0.0624. The predicted molar refractivity (Wildman–Crippen MR) is 67.9 cm³/mol. The van der Waals surface area contributed by atoms with Crippen LogP contribution in [0.1, 0.15) is 19.3 Å². The van der Waals surface area contributed by atoms with E-state index >= 15 is 0 Å². The van der Waals surface area contributed by atoms with Crippen molar-refractivity contribution < 1.29 is 14.3 Å². The van der Waals surface area contributed by atoms with Crippen LogP contribution >= 0.6 is 0 Å². The van der Waals surface area contributed by atoms with E-state index < -0.39 is 0 Å². The Morgan fingerprint density at radius 1 is 1.50 bits per heavy atom. The third-order valence-electron chi connectivity index (χ3n) is 3.30. The number of methoxy groups -OCH3 is 1. The van der Waals surface area contributed by atoms with Gasteiger partial charge in [-0.3, -0.25) is 9.59 Å². The largest absolute Gasteiger partial charge is 0.380 e. The molecule has 1 aliphatic heterocycles. The van der Waals surface area contributed by atoms with Crippen LogP contribution in [0.4, 0.5) is 0 Å². The van der Waals surface area contributed by atoms with Gasteiger partial charge in [0.1, 0.15) is 6.04 Å². The molecule has 2 atom stereocenters. The minimum atomic E-state index is -0.317. The fourth-order valence-electron chi connectivity index (χ4n) is 2.19. The van der Waals surface area contributed by atoms with Crippen molar-refractivity contribution in [2.75, 3.05) is 34.3 Å². The molecule has 18 heavy (non-hydrogen) atoms. The zero-order valence-electron chi connectivity index (χ0n) is 11.4. The van der Waals surface area contributed by atoms with Gasteiger partial charge in [0.05, 0.1) is 12.5 Å². The maximum absolute atomic E-state index is 12.1. The Morgan fingerprint density at radius 2 is 2.17 bits per heavy atom. The lowest BCUT2D eigenvalue weighted by Crippen LogP contribution is -2.46. The third-order valence-corrected chi connectivity index (χ3v) is 3.30. The van der Waals surface area contributed by atoms with E-state index in [2.05, 4.69) is 0 Å². The lowest BCUT2D eigenvalue weighted by Gasteiger charge is -2.27. The second kappa shape index (κ2) is 6.70. The molecule has 0 saturated carbocycles. The minimum absolute atomic E-state index is 0.0115. The van der Waals surface area contributed by atoms with E-state index in [0.29, 0.717) is 13.1 Å². The predicted octanol–water partition coefficient (Wildman–Crippen LogP) is -0.571. The Balaban J connectivity index is 2.63. The number of hydrogen-bond acceptors (Lipinski definition) is 4. The first-order valence-electron chi connectivity index (χ1n) is 6.24. The molecule has 1 aliphatic rings. The van der Waals surface area contributed by atoms with Crippen molar-refractivity contribution in [2.45, 2.75) is 31.4 Å². The van der Waals surface area contributed by atoms with Gasteiger partial charge in [-0.2, -0.15) is 0 Å². The van der Waals surface area contributed by atoms with Crippen molar-refractivity contribution in [2.24, 2.45) is 5.73 Å². The van der Waals surface area contributed by atoms with Crippen LogP contribution in [0.25, 0.3) is 0 Å². The van der Waals surface area contributed by atoms with Crippen LogP contribution in [-0.4, -0.2) is 68.1 Å². The topological polar surface area (TPSA) is 75.9 Å². The lowest BCUT2D eigenvalue weighted by atomic mass is 10.1. The monoisotopic (exact) mass is 257 g/mol. The highest BCUT2D eigenvalue weighted by Gasteiger charge is 2.35. The highest BCUT2D eigenvalue weighted by atomic mass is 16.5. The third kappa shape index (κ3) is 3.43. The first kappa shape index (κ1) is 14.9. The summed E-state index contributed by atoms with van der Waals surface area (Å²) in [4.78, 5) is 27.3. The fraction of sp³-hybridized carbons (Fsp3) is 0.833. The Labute approximate surface area is 108 Å². The summed E-state index contributed by atoms with van der Waals surface area (Å²) in [5, 5.41) is 0. The van der Waals surface area contributed by atoms with Gasteiger partial charge in [-0.25, -0.2) is 0 Å². The molecule has 0 aliphatic carbocycles. The summed E-state index contributed by atoms with van der Waals surface area (Å²) < 4.78 is 5.11. The lowest BCUT2D eigenvalue weighted by molar-refractivity contribution is -0.143. The Morgan fingerprint density at radius 3 is 2.67 bits per heavy atom. The smallest absolute Gasteiger partial charge is 0.244 e. The first-order chi connectivity index (χ1) is 8.51. The van der Waals surface area contributed by atoms with Gasteiger partial charge in [-0.05, 0) is 12.8 Å². The zero-order valence-corrected chi connectivity index (χ0v) is 11.4. The summed E-state index contributed by atoms with van der Waals surface area (Å²) in [6.07, 6.45) is 1.58. The van der Waals surface area contributed by atoms with Crippen molar-refractivity contribution in [3.05, 3.63) is 0 Å². The van der Waals surface area contributed by atoms with Gasteiger partial charge in [-0.15, -0.1) is 0 Å². The molecule has 1 saturated heterocycles. The quantitative estimate of drug-likeness (QED) is 0.715. The Hall–Kier alpha value is -1.14. The average molecular weight is 257 g/mol. The van der Waals surface area contributed by atoms with Crippen molar-refractivity contribution in [3.63, 3.8) is 0 Å². The molecule has 6 nitrogen and oxygen atoms in total. The molecule has 0 bridgehead atoms. The zero-order chi connectivity index (χ0) is 13.7. The maximum Gasteiger partial charge on any atom is 0.244 e. The van der Waals surface area contributed by atoms with Crippen LogP contribution in [0.5, 0.6) is 0 Å². The van der Waals surface area contributed by atoms with E-state index in [1.807, 2.05) is 0 Å². The van der Waals surface area contributed by atoms with Gasteiger partial charge in [0, 0.05) is 34.3 Å². The van der Waals surface area contributed by atoms with Crippen LogP contribution in [0.15, 0.2) is 0 Å². The first-order valence-corrected chi connectivity index (χ1v) is 6.24. The molecule has 0 aromatic carbocycles. The Bertz CT molecular complexity index is 303. The highest BCUT2D eigenvalue weighted by molar-refractivity contribution is 5.88. The molecule has 104 valence electrons. The molecule has 1 rings (SSSR count). The van der Waals surface area contributed by atoms with Crippen LogP contribution in [-0.2, 0) is 14.3 Å².